The Morgan fingerprint density at radius 2 is 2.04 bits per heavy atom. The Balaban J connectivity index is 1.44. The van der Waals surface area contributed by atoms with Gasteiger partial charge >= 0.3 is 0 Å². The fraction of sp³-hybridized carbons (Fsp3) is 0.684. The van der Waals surface area contributed by atoms with E-state index in [9.17, 15) is 0 Å². The second-order valence-electron chi connectivity index (χ2n) is 7.98. The Labute approximate surface area is 153 Å². The molecule has 0 radical (unpaired) electrons. The smallest absolute Gasteiger partial charge is 0.138 e. The standard InChI is InChI=1S/C19H27N5S/c1-4-24-13-8-11(23(2)3)9-14(24)17(13)22-18-16-12-6-5-7-15(12)25-19(16)21-10-20-18/h10-11,13-14,17H,4-9H2,1-3H3,(H,20,21,22)/t11?,13-,14+,17?. The highest BCUT2D eigenvalue weighted by Crippen LogP contribution is 2.43. The summed E-state index contributed by atoms with van der Waals surface area (Å²) in [6.07, 6.45) is 7.95. The van der Waals surface area contributed by atoms with Crippen LogP contribution >= 0.6 is 11.3 Å². The van der Waals surface area contributed by atoms with Gasteiger partial charge in [-0.25, -0.2) is 9.97 Å². The maximum atomic E-state index is 4.67. The van der Waals surface area contributed by atoms with Crippen molar-refractivity contribution in [1.82, 2.24) is 19.8 Å². The van der Waals surface area contributed by atoms with E-state index in [1.807, 2.05) is 11.3 Å². The van der Waals surface area contributed by atoms with Gasteiger partial charge in [0.1, 0.15) is 17.0 Å². The first-order valence-corrected chi connectivity index (χ1v) is 10.4. The predicted molar refractivity (Wildman–Crippen MR) is 104 cm³/mol. The number of nitrogens with zero attached hydrogens (tertiary/aromatic N) is 4. The number of nitrogens with one attached hydrogen (secondary N) is 1. The number of piperidine rings is 1. The van der Waals surface area contributed by atoms with Crippen molar-refractivity contribution in [2.24, 2.45) is 0 Å². The van der Waals surface area contributed by atoms with Crippen LogP contribution in [0.5, 0.6) is 0 Å². The first kappa shape index (κ1) is 16.0. The van der Waals surface area contributed by atoms with Gasteiger partial charge in [-0.05, 0) is 58.3 Å². The van der Waals surface area contributed by atoms with Gasteiger partial charge in [0.05, 0.1) is 11.4 Å². The molecule has 2 fully saturated rings. The van der Waals surface area contributed by atoms with Gasteiger partial charge in [0.15, 0.2) is 0 Å². The Morgan fingerprint density at radius 1 is 1.24 bits per heavy atom. The normalized spacial score (nSPS) is 31.4. The van der Waals surface area contributed by atoms with Crippen molar-refractivity contribution < 1.29 is 0 Å². The molecule has 0 amide bonds. The molecule has 4 atom stereocenters. The van der Waals surface area contributed by atoms with Crippen LogP contribution < -0.4 is 5.32 Å². The van der Waals surface area contributed by atoms with E-state index in [1.165, 1.54) is 52.8 Å². The minimum absolute atomic E-state index is 0.534. The van der Waals surface area contributed by atoms with Crippen LogP contribution in [0.2, 0.25) is 0 Å². The van der Waals surface area contributed by atoms with Crippen molar-refractivity contribution in [3.05, 3.63) is 16.8 Å². The highest BCUT2D eigenvalue weighted by molar-refractivity contribution is 7.19. The summed E-state index contributed by atoms with van der Waals surface area (Å²) in [4.78, 5) is 17.0. The summed E-state index contributed by atoms with van der Waals surface area (Å²) >= 11 is 1.88. The zero-order valence-electron chi connectivity index (χ0n) is 15.3. The highest BCUT2D eigenvalue weighted by Gasteiger charge is 2.53. The molecule has 1 aliphatic carbocycles. The Morgan fingerprint density at radius 3 is 2.76 bits per heavy atom. The summed E-state index contributed by atoms with van der Waals surface area (Å²) in [5, 5.41) is 5.18. The number of rotatable bonds is 4. The molecule has 0 aromatic carbocycles. The van der Waals surface area contributed by atoms with Crippen LogP contribution in [0.4, 0.5) is 5.82 Å². The van der Waals surface area contributed by atoms with E-state index in [1.54, 1.807) is 6.33 Å². The van der Waals surface area contributed by atoms with E-state index >= 15 is 0 Å². The molecule has 2 aromatic heterocycles. The van der Waals surface area contributed by atoms with Crippen molar-refractivity contribution in [3.8, 4) is 0 Å². The Hall–Kier alpha value is -1.24. The van der Waals surface area contributed by atoms with Gasteiger partial charge in [0.25, 0.3) is 0 Å². The first-order chi connectivity index (χ1) is 12.2. The average molecular weight is 358 g/mol. The molecule has 1 N–H and O–H groups in total. The largest absolute Gasteiger partial charge is 0.364 e. The third kappa shape index (κ3) is 2.34. The lowest BCUT2D eigenvalue weighted by molar-refractivity contribution is -0.0669. The number of anilines is 1. The van der Waals surface area contributed by atoms with Crippen LogP contribution in [0.25, 0.3) is 10.2 Å². The van der Waals surface area contributed by atoms with Gasteiger partial charge in [0.2, 0.25) is 0 Å². The lowest BCUT2D eigenvalue weighted by Gasteiger charge is -2.61. The maximum absolute atomic E-state index is 4.67. The fourth-order valence-electron chi connectivity index (χ4n) is 5.31. The molecule has 2 bridgehead atoms. The third-order valence-corrected chi connectivity index (χ3v) is 7.81. The molecule has 0 saturated carbocycles. The van der Waals surface area contributed by atoms with Crippen molar-refractivity contribution in [1.29, 1.82) is 0 Å². The Bertz CT molecular complexity index is 786. The second-order valence-corrected chi connectivity index (χ2v) is 9.07. The van der Waals surface area contributed by atoms with Crippen molar-refractivity contribution in [2.75, 3.05) is 26.0 Å². The molecule has 2 saturated heterocycles. The van der Waals surface area contributed by atoms with Gasteiger partial charge < -0.3 is 10.2 Å². The van der Waals surface area contributed by atoms with E-state index < -0.39 is 0 Å². The number of aryl methyl sites for hydroxylation is 2. The first-order valence-electron chi connectivity index (χ1n) is 9.61. The molecule has 2 unspecified atom stereocenters. The van der Waals surface area contributed by atoms with E-state index in [2.05, 4.69) is 46.1 Å². The van der Waals surface area contributed by atoms with Crippen molar-refractivity contribution in [2.45, 2.75) is 63.2 Å². The van der Waals surface area contributed by atoms with E-state index in [0.717, 1.165) is 12.4 Å². The van der Waals surface area contributed by atoms with Crippen LogP contribution in [0.15, 0.2) is 6.33 Å². The average Bonchev–Trinajstić information content (AvgIpc) is 3.20. The number of thiophene rings is 1. The number of hydrogen-bond acceptors (Lipinski definition) is 6. The number of hydrogen-bond donors (Lipinski definition) is 1. The Kier molecular flexibility index (Phi) is 3.77. The molecule has 2 aliphatic heterocycles. The van der Waals surface area contributed by atoms with Crippen LogP contribution in [-0.2, 0) is 12.8 Å². The predicted octanol–water partition coefficient (Wildman–Crippen LogP) is 2.76. The van der Waals surface area contributed by atoms with Gasteiger partial charge in [-0.1, -0.05) is 6.92 Å². The van der Waals surface area contributed by atoms with Gasteiger partial charge in [-0.2, -0.15) is 0 Å². The molecule has 25 heavy (non-hydrogen) atoms. The summed E-state index contributed by atoms with van der Waals surface area (Å²) in [6.45, 7) is 3.45. The number of fused-ring (bicyclic) bond motifs is 5. The van der Waals surface area contributed by atoms with Crippen LogP contribution in [0.1, 0.15) is 36.6 Å². The molecule has 134 valence electrons. The quantitative estimate of drug-likeness (QED) is 0.911. The summed E-state index contributed by atoms with van der Waals surface area (Å²) in [6, 6.07) is 2.51. The lowest BCUT2D eigenvalue weighted by Crippen LogP contribution is -2.75. The zero-order valence-corrected chi connectivity index (χ0v) is 16.1. The number of likely N-dealkylation sites (N-methyl/N-ethyl adjacent to an activating group) is 1. The topological polar surface area (TPSA) is 44.3 Å². The van der Waals surface area contributed by atoms with Crippen LogP contribution in [0.3, 0.4) is 0 Å². The van der Waals surface area contributed by atoms with Gasteiger partial charge in [0, 0.05) is 23.0 Å². The fourth-order valence-corrected chi connectivity index (χ4v) is 6.54. The summed E-state index contributed by atoms with van der Waals surface area (Å²) < 4.78 is 0. The van der Waals surface area contributed by atoms with Crippen molar-refractivity contribution >= 4 is 27.4 Å². The molecule has 2 aromatic rings. The zero-order chi connectivity index (χ0) is 17.1. The second kappa shape index (κ2) is 5.89. The van der Waals surface area contributed by atoms with Gasteiger partial charge in [-0.15, -0.1) is 11.3 Å². The van der Waals surface area contributed by atoms with Crippen LogP contribution in [0, 0.1) is 0 Å². The molecule has 6 heteroatoms. The van der Waals surface area contributed by atoms with E-state index in [-0.39, 0.29) is 0 Å². The molecule has 0 spiro atoms. The lowest BCUT2D eigenvalue weighted by atomic mass is 9.72. The monoisotopic (exact) mass is 357 g/mol. The molecule has 3 aliphatic rings. The number of aromatic nitrogens is 2. The van der Waals surface area contributed by atoms with E-state index in [4.69, 9.17) is 0 Å². The third-order valence-electron chi connectivity index (χ3n) is 6.61. The molecular formula is C19H27N5S. The molecular weight excluding hydrogens is 330 g/mol. The van der Waals surface area contributed by atoms with Crippen molar-refractivity contribution in [3.63, 3.8) is 0 Å². The van der Waals surface area contributed by atoms with Crippen LogP contribution in [-0.4, -0.2) is 64.6 Å². The minimum Gasteiger partial charge on any atom is -0.364 e. The van der Waals surface area contributed by atoms with Gasteiger partial charge in [-0.3, -0.25) is 4.90 Å². The summed E-state index contributed by atoms with van der Waals surface area (Å²) in [5.41, 5.74) is 1.52. The SMILES string of the molecule is CCN1[C@@H]2CC(N(C)C)C[C@H]1C2Nc1ncnc2sc3c(c12)CCC3. The summed E-state index contributed by atoms with van der Waals surface area (Å²) in [5.74, 6) is 1.09. The van der Waals surface area contributed by atoms with E-state index in [0.29, 0.717) is 24.2 Å². The molecule has 5 rings (SSSR count). The molecule has 5 nitrogen and oxygen atoms in total. The summed E-state index contributed by atoms with van der Waals surface area (Å²) in [7, 11) is 4.44. The minimum atomic E-state index is 0.534. The highest BCUT2D eigenvalue weighted by atomic mass is 32.1. The molecule has 4 heterocycles. The maximum Gasteiger partial charge on any atom is 0.138 e.